The summed E-state index contributed by atoms with van der Waals surface area (Å²) in [5.41, 5.74) is 3.60. The lowest BCUT2D eigenvalue weighted by atomic mass is 10.2. The van der Waals surface area contributed by atoms with Crippen LogP contribution in [0, 0.1) is 5.82 Å². The van der Waals surface area contributed by atoms with Crippen molar-refractivity contribution in [1.82, 2.24) is 14.5 Å². The summed E-state index contributed by atoms with van der Waals surface area (Å²) in [4.78, 5) is 8.65. The number of rotatable bonds is 4. The van der Waals surface area contributed by atoms with Gasteiger partial charge in [-0.1, -0.05) is 24.3 Å². The van der Waals surface area contributed by atoms with Gasteiger partial charge in [0.15, 0.2) is 11.6 Å². The SMILES string of the molecule is CC(Nc1ncnc2c1NCN2)c1c(Br)c2ccccc2n1-c1cccc(F)c1. The Balaban J connectivity index is 1.66. The first-order valence-corrected chi connectivity index (χ1v) is 10.1. The van der Waals surface area contributed by atoms with Crippen LogP contribution in [-0.2, 0) is 0 Å². The molecule has 0 spiro atoms. The summed E-state index contributed by atoms with van der Waals surface area (Å²) in [5.74, 6) is 1.22. The number of nitrogens with one attached hydrogen (secondary N) is 3. The highest BCUT2D eigenvalue weighted by Crippen LogP contribution is 2.39. The van der Waals surface area contributed by atoms with Crippen LogP contribution in [0.3, 0.4) is 0 Å². The Morgan fingerprint density at radius 3 is 2.86 bits per heavy atom. The molecule has 1 aliphatic rings. The van der Waals surface area contributed by atoms with Crippen molar-refractivity contribution < 1.29 is 4.39 Å². The lowest BCUT2D eigenvalue weighted by Gasteiger charge is -2.20. The quantitative estimate of drug-likeness (QED) is 0.392. The van der Waals surface area contributed by atoms with Crippen LogP contribution >= 0.6 is 15.9 Å². The van der Waals surface area contributed by atoms with E-state index in [2.05, 4.69) is 59.4 Å². The third-order valence-electron chi connectivity index (χ3n) is 5.05. The van der Waals surface area contributed by atoms with Gasteiger partial charge in [-0.15, -0.1) is 0 Å². The Kier molecular flexibility index (Phi) is 4.35. The van der Waals surface area contributed by atoms with Crippen LogP contribution in [0.1, 0.15) is 18.7 Å². The summed E-state index contributed by atoms with van der Waals surface area (Å²) in [6.45, 7) is 2.68. The van der Waals surface area contributed by atoms with E-state index >= 15 is 0 Å². The van der Waals surface area contributed by atoms with E-state index in [1.165, 1.54) is 12.4 Å². The Bertz CT molecular complexity index is 1220. The molecular formula is C21H18BrFN6. The molecular weight excluding hydrogens is 435 g/mol. The number of hydrogen-bond acceptors (Lipinski definition) is 5. The Morgan fingerprint density at radius 1 is 1.14 bits per heavy atom. The monoisotopic (exact) mass is 452 g/mol. The van der Waals surface area contributed by atoms with Crippen LogP contribution in [-0.4, -0.2) is 21.2 Å². The second-order valence-corrected chi connectivity index (χ2v) is 7.67. The van der Waals surface area contributed by atoms with Crippen molar-refractivity contribution in [3.05, 3.63) is 70.8 Å². The van der Waals surface area contributed by atoms with E-state index in [0.717, 1.165) is 44.1 Å². The van der Waals surface area contributed by atoms with Crippen molar-refractivity contribution in [1.29, 1.82) is 0 Å². The van der Waals surface area contributed by atoms with Gasteiger partial charge in [0.25, 0.3) is 0 Å². The third kappa shape index (κ3) is 3.00. The van der Waals surface area contributed by atoms with Crippen LogP contribution in [0.25, 0.3) is 16.6 Å². The predicted molar refractivity (Wildman–Crippen MR) is 117 cm³/mol. The molecule has 2 aromatic carbocycles. The normalized spacial score (nSPS) is 13.6. The molecule has 6 nitrogen and oxygen atoms in total. The van der Waals surface area contributed by atoms with Crippen molar-refractivity contribution >= 4 is 44.2 Å². The van der Waals surface area contributed by atoms with Gasteiger partial charge < -0.3 is 20.5 Å². The molecule has 3 N–H and O–H groups in total. The predicted octanol–water partition coefficient (Wildman–Crippen LogP) is 5.29. The molecule has 4 aromatic rings. The molecule has 3 heterocycles. The first kappa shape index (κ1) is 17.9. The number of fused-ring (bicyclic) bond motifs is 2. The van der Waals surface area contributed by atoms with Crippen LogP contribution in [0.5, 0.6) is 0 Å². The fourth-order valence-corrected chi connectivity index (χ4v) is 4.64. The molecule has 0 amide bonds. The van der Waals surface area contributed by atoms with E-state index < -0.39 is 0 Å². The van der Waals surface area contributed by atoms with Crippen LogP contribution < -0.4 is 16.0 Å². The van der Waals surface area contributed by atoms with Crippen molar-refractivity contribution in [3.63, 3.8) is 0 Å². The van der Waals surface area contributed by atoms with Crippen LogP contribution in [0.15, 0.2) is 59.3 Å². The Hall–Kier alpha value is -3.13. The smallest absolute Gasteiger partial charge is 0.156 e. The summed E-state index contributed by atoms with van der Waals surface area (Å²) in [5, 5.41) is 11.0. The number of hydrogen-bond donors (Lipinski definition) is 3. The van der Waals surface area contributed by atoms with Gasteiger partial charge in [0, 0.05) is 15.5 Å². The maximum Gasteiger partial charge on any atom is 0.156 e. The summed E-state index contributed by atoms with van der Waals surface area (Å²) in [6, 6.07) is 14.6. The number of anilines is 3. The summed E-state index contributed by atoms with van der Waals surface area (Å²) >= 11 is 3.78. The molecule has 0 radical (unpaired) electrons. The zero-order chi connectivity index (χ0) is 20.0. The number of nitrogens with zero attached hydrogens (tertiary/aromatic N) is 3. The van der Waals surface area contributed by atoms with Crippen LogP contribution in [0.4, 0.5) is 21.7 Å². The highest BCUT2D eigenvalue weighted by Gasteiger charge is 2.24. The van der Waals surface area contributed by atoms with Gasteiger partial charge in [-0.3, -0.25) is 0 Å². The van der Waals surface area contributed by atoms with Crippen molar-refractivity contribution in [2.24, 2.45) is 0 Å². The molecule has 29 heavy (non-hydrogen) atoms. The number of para-hydroxylation sites is 1. The van der Waals surface area contributed by atoms with Crippen LogP contribution in [0.2, 0.25) is 0 Å². The van der Waals surface area contributed by atoms with Gasteiger partial charge >= 0.3 is 0 Å². The van der Waals surface area contributed by atoms with E-state index in [9.17, 15) is 4.39 Å². The third-order valence-corrected chi connectivity index (χ3v) is 5.88. The standard InChI is InChI=1S/C21H18BrFN6/c1-12(28-21-18-20(25-10-24-18)26-11-27-21)19-17(22)15-7-2-3-8-16(15)29(19)14-6-4-5-13(23)9-14/h2-9,11-12,24H,10H2,1H3,(H2,25,26,27,28). The minimum absolute atomic E-state index is 0.124. The zero-order valence-corrected chi connectivity index (χ0v) is 17.2. The maximum atomic E-state index is 14.0. The molecule has 0 fully saturated rings. The van der Waals surface area contributed by atoms with Gasteiger partial charge in [-0.05, 0) is 47.1 Å². The molecule has 1 aliphatic heterocycles. The minimum atomic E-state index is -0.271. The first-order chi connectivity index (χ1) is 14.1. The molecule has 146 valence electrons. The fourth-order valence-electron chi connectivity index (χ4n) is 3.78. The van der Waals surface area contributed by atoms with E-state index in [-0.39, 0.29) is 11.9 Å². The molecule has 0 aliphatic carbocycles. The van der Waals surface area contributed by atoms with Gasteiger partial charge in [0.1, 0.15) is 17.8 Å². The Morgan fingerprint density at radius 2 is 2.00 bits per heavy atom. The maximum absolute atomic E-state index is 14.0. The molecule has 5 rings (SSSR count). The highest BCUT2D eigenvalue weighted by molar-refractivity contribution is 9.10. The zero-order valence-electron chi connectivity index (χ0n) is 15.6. The minimum Gasteiger partial charge on any atom is -0.362 e. The summed E-state index contributed by atoms with van der Waals surface area (Å²) < 4.78 is 17.1. The number of benzene rings is 2. The average Bonchev–Trinajstić information content (AvgIpc) is 3.32. The van der Waals surface area contributed by atoms with Gasteiger partial charge in [0.05, 0.1) is 23.9 Å². The average molecular weight is 453 g/mol. The lowest BCUT2D eigenvalue weighted by molar-refractivity contribution is 0.626. The van der Waals surface area contributed by atoms with E-state index in [1.807, 2.05) is 24.3 Å². The second-order valence-electron chi connectivity index (χ2n) is 6.87. The molecule has 0 saturated heterocycles. The molecule has 0 saturated carbocycles. The second kappa shape index (κ2) is 7.04. The first-order valence-electron chi connectivity index (χ1n) is 9.27. The largest absolute Gasteiger partial charge is 0.362 e. The molecule has 0 bridgehead atoms. The van der Waals surface area contributed by atoms with Crippen molar-refractivity contribution in [2.75, 3.05) is 22.6 Å². The number of halogens is 2. The van der Waals surface area contributed by atoms with Gasteiger partial charge in [-0.25, -0.2) is 14.4 Å². The van der Waals surface area contributed by atoms with E-state index in [1.54, 1.807) is 12.1 Å². The molecule has 1 unspecified atom stereocenters. The summed E-state index contributed by atoms with van der Waals surface area (Å²) in [6.07, 6.45) is 1.53. The lowest BCUT2D eigenvalue weighted by Crippen LogP contribution is -2.14. The van der Waals surface area contributed by atoms with Crippen molar-refractivity contribution in [2.45, 2.75) is 13.0 Å². The van der Waals surface area contributed by atoms with Gasteiger partial charge in [0.2, 0.25) is 0 Å². The van der Waals surface area contributed by atoms with Crippen molar-refractivity contribution in [3.8, 4) is 5.69 Å². The molecule has 1 atom stereocenters. The Labute approximate surface area is 175 Å². The molecule has 8 heteroatoms. The van der Waals surface area contributed by atoms with E-state index in [4.69, 9.17) is 0 Å². The topological polar surface area (TPSA) is 66.8 Å². The summed E-state index contributed by atoms with van der Waals surface area (Å²) in [7, 11) is 0. The fraction of sp³-hybridized carbons (Fsp3) is 0.143. The number of aromatic nitrogens is 3. The molecule has 2 aromatic heterocycles. The van der Waals surface area contributed by atoms with Gasteiger partial charge in [-0.2, -0.15) is 0 Å². The van der Waals surface area contributed by atoms with E-state index in [0.29, 0.717) is 6.67 Å². The highest BCUT2D eigenvalue weighted by atomic mass is 79.9.